The van der Waals surface area contributed by atoms with Gasteiger partial charge >= 0.3 is 0 Å². The average molecular weight is 181 g/mol. The van der Waals surface area contributed by atoms with Crippen molar-refractivity contribution in [3.05, 3.63) is 34.2 Å². The summed E-state index contributed by atoms with van der Waals surface area (Å²) in [5, 5.41) is 0. The molecule has 5 nitrogen and oxygen atoms in total. The molecule has 5 N–H and O–H groups in total. The van der Waals surface area contributed by atoms with Crippen molar-refractivity contribution in [1.82, 2.24) is 4.98 Å². The fraction of sp³-hybridized carbons (Fsp3) is 0.250. The van der Waals surface area contributed by atoms with E-state index in [1.54, 1.807) is 12.1 Å². The van der Waals surface area contributed by atoms with Crippen LogP contribution in [-0.4, -0.2) is 16.9 Å². The summed E-state index contributed by atoms with van der Waals surface area (Å²) >= 11 is 0. The van der Waals surface area contributed by atoms with Gasteiger partial charge in [-0.3, -0.25) is 9.59 Å². The van der Waals surface area contributed by atoms with E-state index in [2.05, 4.69) is 4.98 Å². The fourth-order valence-corrected chi connectivity index (χ4v) is 0.955. The number of carbonyl (C=O) groups is 1. The zero-order valence-corrected chi connectivity index (χ0v) is 6.99. The van der Waals surface area contributed by atoms with E-state index < -0.39 is 11.9 Å². The number of nitrogens with one attached hydrogen (secondary N) is 1. The van der Waals surface area contributed by atoms with Gasteiger partial charge in [-0.15, -0.1) is 0 Å². The van der Waals surface area contributed by atoms with E-state index in [1.807, 2.05) is 0 Å². The predicted octanol–water partition coefficient (Wildman–Crippen LogP) is -1.27. The van der Waals surface area contributed by atoms with Gasteiger partial charge in [-0.2, -0.15) is 0 Å². The summed E-state index contributed by atoms with van der Waals surface area (Å²) in [6, 6.07) is 2.48. The van der Waals surface area contributed by atoms with Crippen LogP contribution in [0, 0.1) is 0 Å². The van der Waals surface area contributed by atoms with Gasteiger partial charge in [0.1, 0.15) is 0 Å². The molecule has 70 valence electrons. The van der Waals surface area contributed by atoms with Crippen LogP contribution in [0.4, 0.5) is 0 Å². The van der Waals surface area contributed by atoms with Crippen LogP contribution in [0.1, 0.15) is 5.56 Å². The van der Waals surface area contributed by atoms with Crippen LogP contribution in [0.25, 0.3) is 0 Å². The molecule has 0 aromatic carbocycles. The summed E-state index contributed by atoms with van der Waals surface area (Å²) in [5.41, 5.74) is 10.6. The highest BCUT2D eigenvalue weighted by Crippen LogP contribution is 1.93. The molecule has 1 rings (SSSR count). The SMILES string of the molecule is NC(=O)[C@@H](N)Cc1ccc[nH]c1=O. The van der Waals surface area contributed by atoms with Crippen LogP contribution < -0.4 is 17.0 Å². The van der Waals surface area contributed by atoms with Gasteiger partial charge in [0.15, 0.2) is 0 Å². The van der Waals surface area contributed by atoms with Crippen LogP contribution in [-0.2, 0) is 11.2 Å². The molecule has 1 aromatic rings. The highest BCUT2D eigenvalue weighted by molar-refractivity contribution is 5.79. The van der Waals surface area contributed by atoms with Gasteiger partial charge in [0.2, 0.25) is 5.91 Å². The summed E-state index contributed by atoms with van der Waals surface area (Å²) < 4.78 is 0. The van der Waals surface area contributed by atoms with E-state index >= 15 is 0 Å². The first-order chi connectivity index (χ1) is 6.11. The number of aromatic amines is 1. The van der Waals surface area contributed by atoms with Gasteiger partial charge in [-0.05, 0) is 6.07 Å². The van der Waals surface area contributed by atoms with E-state index in [4.69, 9.17) is 11.5 Å². The van der Waals surface area contributed by atoms with E-state index in [-0.39, 0.29) is 12.0 Å². The lowest BCUT2D eigenvalue weighted by atomic mass is 10.1. The first-order valence-corrected chi connectivity index (χ1v) is 3.82. The molecule has 0 aliphatic heterocycles. The Morgan fingerprint density at radius 1 is 1.62 bits per heavy atom. The molecular formula is C8H11N3O2. The summed E-state index contributed by atoms with van der Waals surface area (Å²) in [4.78, 5) is 24.2. The zero-order chi connectivity index (χ0) is 9.84. The number of primary amides is 1. The van der Waals surface area contributed by atoms with Gasteiger partial charge in [0.05, 0.1) is 6.04 Å². The van der Waals surface area contributed by atoms with E-state index in [9.17, 15) is 9.59 Å². The number of carbonyl (C=O) groups excluding carboxylic acids is 1. The second kappa shape index (κ2) is 3.86. The topological polar surface area (TPSA) is 102 Å². The summed E-state index contributed by atoms with van der Waals surface area (Å²) in [5.74, 6) is -0.608. The second-order valence-electron chi connectivity index (χ2n) is 2.74. The Bertz CT molecular complexity index is 358. The van der Waals surface area contributed by atoms with Crippen molar-refractivity contribution < 1.29 is 4.79 Å². The zero-order valence-electron chi connectivity index (χ0n) is 6.99. The van der Waals surface area contributed by atoms with Crippen LogP contribution in [0.5, 0.6) is 0 Å². The highest BCUT2D eigenvalue weighted by Gasteiger charge is 2.11. The van der Waals surface area contributed by atoms with E-state index in [0.29, 0.717) is 5.56 Å². The van der Waals surface area contributed by atoms with Crippen molar-refractivity contribution in [2.24, 2.45) is 11.5 Å². The molecule has 1 aromatic heterocycles. The molecule has 0 unspecified atom stereocenters. The van der Waals surface area contributed by atoms with E-state index in [1.165, 1.54) is 6.20 Å². The Morgan fingerprint density at radius 2 is 2.31 bits per heavy atom. The minimum Gasteiger partial charge on any atom is -0.368 e. The molecule has 1 atom stereocenters. The molecule has 13 heavy (non-hydrogen) atoms. The third-order valence-corrected chi connectivity index (χ3v) is 1.70. The number of aromatic nitrogens is 1. The molecule has 0 saturated carbocycles. The number of hydrogen-bond acceptors (Lipinski definition) is 3. The summed E-state index contributed by atoms with van der Waals surface area (Å²) in [6.07, 6.45) is 1.69. The molecule has 1 heterocycles. The van der Waals surface area contributed by atoms with Gasteiger partial charge in [0.25, 0.3) is 5.56 Å². The quantitative estimate of drug-likeness (QED) is 0.541. The smallest absolute Gasteiger partial charge is 0.251 e. The Kier molecular flexibility index (Phi) is 2.81. The number of pyridine rings is 1. The van der Waals surface area contributed by atoms with Crippen molar-refractivity contribution in [3.8, 4) is 0 Å². The molecule has 0 saturated heterocycles. The molecule has 0 aliphatic carbocycles. The van der Waals surface area contributed by atoms with Gasteiger partial charge in [-0.1, -0.05) is 6.07 Å². The Balaban J connectivity index is 2.81. The highest BCUT2D eigenvalue weighted by atomic mass is 16.1. The minimum absolute atomic E-state index is 0.172. The summed E-state index contributed by atoms with van der Waals surface area (Å²) in [6.45, 7) is 0. The maximum atomic E-state index is 11.1. The maximum absolute atomic E-state index is 11.1. The second-order valence-corrected chi connectivity index (χ2v) is 2.74. The van der Waals surface area contributed by atoms with Crippen LogP contribution in [0.3, 0.4) is 0 Å². The molecule has 0 fully saturated rings. The van der Waals surface area contributed by atoms with Crippen LogP contribution >= 0.6 is 0 Å². The minimum atomic E-state index is -0.802. The van der Waals surface area contributed by atoms with Crippen molar-refractivity contribution in [2.75, 3.05) is 0 Å². The van der Waals surface area contributed by atoms with Crippen LogP contribution in [0.2, 0.25) is 0 Å². The van der Waals surface area contributed by atoms with Gasteiger partial charge in [0, 0.05) is 18.2 Å². The third-order valence-electron chi connectivity index (χ3n) is 1.70. The number of rotatable bonds is 3. The number of nitrogens with two attached hydrogens (primary N) is 2. The molecule has 5 heteroatoms. The standard InChI is InChI=1S/C8H11N3O2/c9-6(7(10)12)4-5-2-1-3-11-8(5)13/h1-3,6H,4,9H2,(H2,10,12)(H,11,13)/t6-/m0/s1. The number of hydrogen-bond donors (Lipinski definition) is 3. The Labute approximate surface area is 74.7 Å². The lowest BCUT2D eigenvalue weighted by Crippen LogP contribution is -2.39. The van der Waals surface area contributed by atoms with Crippen molar-refractivity contribution in [2.45, 2.75) is 12.5 Å². The molecule has 0 radical (unpaired) electrons. The number of H-pyrrole nitrogens is 1. The monoisotopic (exact) mass is 181 g/mol. The maximum Gasteiger partial charge on any atom is 0.251 e. The molecule has 0 bridgehead atoms. The van der Waals surface area contributed by atoms with E-state index in [0.717, 1.165) is 0 Å². The number of amides is 1. The first-order valence-electron chi connectivity index (χ1n) is 3.82. The van der Waals surface area contributed by atoms with Crippen molar-refractivity contribution in [3.63, 3.8) is 0 Å². The van der Waals surface area contributed by atoms with Gasteiger partial charge < -0.3 is 16.5 Å². The summed E-state index contributed by atoms with van der Waals surface area (Å²) in [7, 11) is 0. The Hall–Kier alpha value is -1.62. The van der Waals surface area contributed by atoms with Crippen molar-refractivity contribution >= 4 is 5.91 Å². The lowest BCUT2D eigenvalue weighted by Gasteiger charge is -2.05. The average Bonchev–Trinajstić information content (AvgIpc) is 2.08. The van der Waals surface area contributed by atoms with Crippen molar-refractivity contribution in [1.29, 1.82) is 0 Å². The lowest BCUT2D eigenvalue weighted by molar-refractivity contribution is -0.119. The van der Waals surface area contributed by atoms with Gasteiger partial charge in [-0.25, -0.2) is 0 Å². The normalized spacial score (nSPS) is 12.4. The molecule has 0 spiro atoms. The third kappa shape index (κ3) is 2.41. The Morgan fingerprint density at radius 3 is 2.85 bits per heavy atom. The molecule has 1 amide bonds. The van der Waals surface area contributed by atoms with Crippen LogP contribution in [0.15, 0.2) is 23.1 Å². The fourth-order valence-electron chi connectivity index (χ4n) is 0.955. The molecular weight excluding hydrogens is 170 g/mol. The first kappa shape index (κ1) is 9.47. The predicted molar refractivity (Wildman–Crippen MR) is 47.9 cm³/mol. The largest absolute Gasteiger partial charge is 0.368 e. The molecule has 0 aliphatic rings.